The number of amides is 1. The van der Waals surface area contributed by atoms with E-state index >= 15 is 0 Å². The Kier molecular flexibility index (Phi) is 5.31. The van der Waals surface area contributed by atoms with Gasteiger partial charge < -0.3 is 10.3 Å². The standard InChI is InChI=1S/C20H23FN2O2/c1-2-17-11-15(12-19(24)22-17)20(25)23-18-5-3-4-14(18)10-13-6-8-16(21)9-7-13/h6-9,11-12,14,18H,2-5,10H2,1H3,(H,22,24)(H,23,25)/t14-,18-/m1/s1. The van der Waals surface area contributed by atoms with Crippen LogP contribution >= 0.6 is 0 Å². The second kappa shape index (κ2) is 7.64. The first kappa shape index (κ1) is 17.4. The number of hydrogen-bond donors (Lipinski definition) is 2. The van der Waals surface area contributed by atoms with Gasteiger partial charge in [-0.15, -0.1) is 0 Å². The van der Waals surface area contributed by atoms with Crippen LogP contribution in [0.3, 0.4) is 0 Å². The summed E-state index contributed by atoms with van der Waals surface area (Å²) in [5.74, 6) is -0.0973. The van der Waals surface area contributed by atoms with E-state index in [2.05, 4.69) is 10.3 Å². The number of carbonyl (C=O) groups excluding carboxylic acids is 1. The third-order valence-electron chi connectivity index (χ3n) is 4.93. The molecule has 2 N–H and O–H groups in total. The van der Waals surface area contributed by atoms with E-state index in [1.807, 2.05) is 6.92 Å². The predicted molar refractivity (Wildman–Crippen MR) is 95.1 cm³/mol. The largest absolute Gasteiger partial charge is 0.349 e. The van der Waals surface area contributed by atoms with E-state index in [9.17, 15) is 14.0 Å². The van der Waals surface area contributed by atoms with E-state index in [4.69, 9.17) is 0 Å². The van der Waals surface area contributed by atoms with Crippen LogP contribution in [0, 0.1) is 11.7 Å². The van der Waals surface area contributed by atoms with Crippen LogP contribution in [0.1, 0.15) is 47.8 Å². The van der Waals surface area contributed by atoms with Crippen molar-refractivity contribution in [2.75, 3.05) is 0 Å². The molecule has 25 heavy (non-hydrogen) atoms. The van der Waals surface area contributed by atoms with Crippen molar-refractivity contribution in [1.29, 1.82) is 0 Å². The van der Waals surface area contributed by atoms with Gasteiger partial charge in [0.2, 0.25) is 5.56 Å². The lowest BCUT2D eigenvalue weighted by molar-refractivity contribution is 0.0927. The number of H-pyrrole nitrogens is 1. The molecular formula is C20H23FN2O2. The fourth-order valence-corrected chi connectivity index (χ4v) is 3.57. The molecule has 0 aliphatic heterocycles. The minimum Gasteiger partial charge on any atom is -0.349 e. The zero-order chi connectivity index (χ0) is 17.8. The summed E-state index contributed by atoms with van der Waals surface area (Å²) >= 11 is 0. The Bertz CT molecular complexity index is 798. The van der Waals surface area contributed by atoms with Crippen LogP contribution in [0.25, 0.3) is 0 Å². The number of aromatic nitrogens is 1. The molecule has 132 valence electrons. The van der Waals surface area contributed by atoms with Crippen molar-refractivity contribution in [3.8, 4) is 0 Å². The molecule has 1 aliphatic rings. The lowest BCUT2D eigenvalue weighted by Crippen LogP contribution is -2.38. The number of hydrogen-bond acceptors (Lipinski definition) is 2. The van der Waals surface area contributed by atoms with Gasteiger partial charge in [-0.3, -0.25) is 9.59 Å². The summed E-state index contributed by atoms with van der Waals surface area (Å²) in [5.41, 5.74) is 2.00. The average Bonchev–Trinajstić information content (AvgIpc) is 3.03. The van der Waals surface area contributed by atoms with Crippen LogP contribution in [0.2, 0.25) is 0 Å². The van der Waals surface area contributed by atoms with Gasteiger partial charge in [0.1, 0.15) is 5.82 Å². The highest BCUT2D eigenvalue weighted by atomic mass is 19.1. The lowest BCUT2D eigenvalue weighted by Gasteiger charge is -2.21. The Morgan fingerprint density at radius 3 is 2.72 bits per heavy atom. The van der Waals surface area contributed by atoms with E-state index in [-0.39, 0.29) is 23.3 Å². The molecule has 1 aromatic carbocycles. The number of pyridine rings is 1. The van der Waals surface area contributed by atoms with Gasteiger partial charge >= 0.3 is 0 Å². The maximum atomic E-state index is 13.0. The third kappa shape index (κ3) is 4.35. The van der Waals surface area contributed by atoms with E-state index < -0.39 is 0 Å². The van der Waals surface area contributed by atoms with Crippen molar-refractivity contribution < 1.29 is 9.18 Å². The second-order valence-corrected chi connectivity index (χ2v) is 6.71. The molecule has 1 aliphatic carbocycles. The zero-order valence-corrected chi connectivity index (χ0v) is 14.3. The van der Waals surface area contributed by atoms with E-state index in [0.29, 0.717) is 17.9 Å². The average molecular weight is 342 g/mol. The molecule has 1 amide bonds. The summed E-state index contributed by atoms with van der Waals surface area (Å²) in [6, 6.07) is 9.72. The Balaban J connectivity index is 1.68. The van der Waals surface area contributed by atoms with E-state index in [1.54, 1.807) is 18.2 Å². The molecule has 0 spiro atoms. The molecule has 1 saturated carbocycles. The van der Waals surface area contributed by atoms with E-state index in [1.165, 1.54) is 18.2 Å². The van der Waals surface area contributed by atoms with Crippen molar-refractivity contribution in [3.63, 3.8) is 0 Å². The number of aryl methyl sites for hydroxylation is 1. The molecule has 0 radical (unpaired) electrons. The lowest BCUT2D eigenvalue weighted by atomic mass is 9.94. The molecule has 4 nitrogen and oxygen atoms in total. The molecule has 2 aromatic rings. The van der Waals surface area contributed by atoms with Crippen molar-refractivity contribution in [3.05, 3.63) is 69.4 Å². The fourth-order valence-electron chi connectivity index (χ4n) is 3.57. The summed E-state index contributed by atoms with van der Waals surface area (Å²) in [6.07, 6.45) is 4.53. The van der Waals surface area contributed by atoms with Gasteiger partial charge in [-0.05, 0) is 55.4 Å². The number of benzene rings is 1. The fraction of sp³-hybridized carbons (Fsp3) is 0.400. The number of aromatic amines is 1. The maximum absolute atomic E-state index is 13.0. The van der Waals surface area contributed by atoms with Crippen LogP contribution < -0.4 is 10.9 Å². The highest BCUT2D eigenvalue weighted by molar-refractivity contribution is 5.94. The first-order valence-electron chi connectivity index (χ1n) is 8.83. The summed E-state index contributed by atoms with van der Waals surface area (Å²) in [5, 5.41) is 3.09. The summed E-state index contributed by atoms with van der Waals surface area (Å²) in [7, 11) is 0. The SMILES string of the molecule is CCc1cc(C(=O)N[C@@H]2CCC[C@@H]2Cc2ccc(F)cc2)cc(=O)[nH]1. The molecular weight excluding hydrogens is 319 g/mol. The monoisotopic (exact) mass is 342 g/mol. The maximum Gasteiger partial charge on any atom is 0.251 e. The minimum atomic E-state index is -0.251. The molecule has 0 bridgehead atoms. The highest BCUT2D eigenvalue weighted by Crippen LogP contribution is 2.29. The Morgan fingerprint density at radius 1 is 1.24 bits per heavy atom. The van der Waals surface area contributed by atoms with Crippen LogP contribution in [0.15, 0.2) is 41.2 Å². The first-order valence-corrected chi connectivity index (χ1v) is 8.83. The normalized spacial score (nSPS) is 19.8. The van der Waals surface area contributed by atoms with Crippen molar-refractivity contribution >= 4 is 5.91 Å². The number of carbonyl (C=O) groups is 1. The van der Waals surface area contributed by atoms with Gasteiger partial charge in [0.05, 0.1) is 0 Å². The number of halogens is 1. The zero-order valence-electron chi connectivity index (χ0n) is 14.3. The molecule has 3 rings (SSSR count). The Labute approximate surface area is 146 Å². The molecule has 0 unspecified atom stereocenters. The second-order valence-electron chi connectivity index (χ2n) is 6.71. The smallest absolute Gasteiger partial charge is 0.251 e. The summed E-state index contributed by atoms with van der Waals surface area (Å²) in [6.45, 7) is 1.93. The third-order valence-corrected chi connectivity index (χ3v) is 4.93. The van der Waals surface area contributed by atoms with Gasteiger partial charge in [0, 0.05) is 23.4 Å². The van der Waals surface area contributed by atoms with Crippen LogP contribution in [0.5, 0.6) is 0 Å². The van der Waals surface area contributed by atoms with Crippen molar-refractivity contribution in [1.82, 2.24) is 10.3 Å². The molecule has 2 atom stereocenters. The molecule has 1 fully saturated rings. The van der Waals surface area contributed by atoms with Crippen LogP contribution in [0.4, 0.5) is 4.39 Å². The van der Waals surface area contributed by atoms with Gasteiger partial charge in [-0.25, -0.2) is 4.39 Å². The quantitative estimate of drug-likeness (QED) is 0.876. The van der Waals surface area contributed by atoms with Gasteiger partial charge in [0.15, 0.2) is 0 Å². The summed E-state index contributed by atoms with van der Waals surface area (Å²) in [4.78, 5) is 27.0. The minimum absolute atomic E-state index is 0.0851. The van der Waals surface area contributed by atoms with Crippen LogP contribution in [-0.2, 0) is 12.8 Å². The van der Waals surface area contributed by atoms with Crippen LogP contribution in [-0.4, -0.2) is 16.9 Å². The molecule has 0 saturated heterocycles. The first-order chi connectivity index (χ1) is 12.0. The van der Waals surface area contributed by atoms with Crippen molar-refractivity contribution in [2.45, 2.75) is 45.1 Å². The topological polar surface area (TPSA) is 62.0 Å². The van der Waals surface area contributed by atoms with Gasteiger partial charge in [-0.1, -0.05) is 25.5 Å². The Hall–Kier alpha value is -2.43. The highest BCUT2D eigenvalue weighted by Gasteiger charge is 2.29. The van der Waals surface area contributed by atoms with Gasteiger partial charge in [0.25, 0.3) is 5.91 Å². The molecule has 1 aromatic heterocycles. The number of nitrogens with one attached hydrogen (secondary N) is 2. The van der Waals surface area contributed by atoms with Gasteiger partial charge in [-0.2, -0.15) is 0 Å². The molecule has 5 heteroatoms. The predicted octanol–water partition coefficient (Wildman–Crippen LogP) is 3.22. The summed E-state index contributed by atoms with van der Waals surface area (Å²) < 4.78 is 13.0. The Morgan fingerprint density at radius 2 is 2.00 bits per heavy atom. The molecule has 1 heterocycles. The van der Waals surface area contributed by atoms with E-state index in [0.717, 1.165) is 36.9 Å². The number of rotatable bonds is 5. The van der Waals surface area contributed by atoms with Crippen molar-refractivity contribution in [2.24, 2.45) is 5.92 Å².